The molecule has 6 nitrogen and oxygen atoms in total. The summed E-state index contributed by atoms with van der Waals surface area (Å²) in [5.74, 6) is -0.184. The number of carbonyl (C=O) groups excluding carboxylic acids is 1. The van der Waals surface area contributed by atoms with E-state index in [1.807, 2.05) is 0 Å². The van der Waals surface area contributed by atoms with Gasteiger partial charge in [0.2, 0.25) is 5.91 Å². The van der Waals surface area contributed by atoms with Crippen LogP contribution in [-0.2, 0) is 15.0 Å². The molecule has 0 aromatic heterocycles. The van der Waals surface area contributed by atoms with Crippen LogP contribution < -0.4 is 5.32 Å². The minimum Gasteiger partial charge on any atom is -0.353 e. The van der Waals surface area contributed by atoms with E-state index >= 15 is 0 Å². The largest absolute Gasteiger partial charge is 0.353 e. The van der Waals surface area contributed by atoms with Gasteiger partial charge in [-0.2, -0.15) is 17.0 Å². The van der Waals surface area contributed by atoms with Gasteiger partial charge in [0.05, 0.1) is 5.92 Å². The zero-order valence-electron chi connectivity index (χ0n) is 13.0. The molecule has 1 heterocycles. The van der Waals surface area contributed by atoms with Crippen molar-refractivity contribution in [2.45, 2.75) is 51.0 Å². The fourth-order valence-corrected chi connectivity index (χ4v) is 4.35. The Morgan fingerprint density at radius 3 is 2.38 bits per heavy atom. The fraction of sp³-hybridized carbons (Fsp3) is 0.929. The van der Waals surface area contributed by atoms with E-state index in [9.17, 15) is 13.2 Å². The molecule has 1 atom stereocenters. The van der Waals surface area contributed by atoms with Crippen molar-refractivity contribution in [2.24, 2.45) is 5.92 Å². The second-order valence-corrected chi connectivity index (χ2v) is 8.47. The third-order valence-corrected chi connectivity index (χ3v) is 6.40. The second-order valence-electron chi connectivity index (χ2n) is 6.33. The van der Waals surface area contributed by atoms with E-state index in [2.05, 4.69) is 5.32 Å². The lowest BCUT2D eigenvalue weighted by molar-refractivity contribution is -0.127. The molecule has 2 aliphatic rings. The molecule has 0 aromatic carbocycles. The van der Waals surface area contributed by atoms with Crippen LogP contribution in [0.1, 0.15) is 44.9 Å². The quantitative estimate of drug-likeness (QED) is 0.839. The fourth-order valence-electron chi connectivity index (χ4n) is 3.16. The van der Waals surface area contributed by atoms with Gasteiger partial charge in [-0.25, -0.2) is 0 Å². The molecule has 1 aliphatic heterocycles. The van der Waals surface area contributed by atoms with E-state index in [0.29, 0.717) is 13.1 Å². The van der Waals surface area contributed by atoms with E-state index < -0.39 is 10.2 Å². The van der Waals surface area contributed by atoms with Gasteiger partial charge in [-0.1, -0.05) is 19.3 Å². The van der Waals surface area contributed by atoms with Crippen LogP contribution in [0, 0.1) is 5.92 Å². The Bertz CT molecular complexity index is 458. The molecule has 1 aliphatic carbocycles. The molecule has 7 heteroatoms. The Hall–Kier alpha value is -0.660. The molecule has 0 spiro atoms. The van der Waals surface area contributed by atoms with Gasteiger partial charge in [-0.15, -0.1) is 0 Å². The van der Waals surface area contributed by atoms with Gasteiger partial charge < -0.3 is 5.32 Å². The summed E-state index contributed by atoms with van der Waals surface area (Å²) in [6.45, 7) is 0.812. The average molecular weight is 317 g/mol. The van der Waals surface area contributed by atoms with Crippen molar-refractivity contribution in [3.8, 4) is 0 Å². The van der Waals surface area contributed by atoms with Crippen molar-refractivity contribution < 1.29 is 13.2 Å². The molecule has 1 saturated heterocycles. The van der Waals surface area contributed by atoms with Gasteiger partial charge in [-0.3, -0.25) is 4.79 Å². The van der Waals surface area contributed by atoms with Gasteiger partial charge in [0.1, 0.15) is 0 Å². The van der Waals surface area contributed by atoms with Crippen molar-refractivity contribution >= 4 is 16.1 Å². The smallest absolute Gasteiger partial charge is 0.281 e. The first-order valence-electron chi connectivity index (χ1n) is 7.89. The highest BCUT2D eigenvalue weighted by Crippen LogP contribution is 2.22. The Morgan fingerprint density at radius 1 is 1.10 bits per heavy atom. The van der Waals surface area contributed by atoms with Gasteiger partial charge in [0.15, 0.2) is 0 Å². The van der Waals surface area contributed by atoms with E-state index in [4.69, 9.17) is 0 Å². The zero-order valence-corrected chi connectivity index (χ0v) is 13.9. The molecule has 1 N–H and O–H groups in total. The second kappa shape index (κ2) is 7.07. The molecule has 2 rings (SSSR count). The van der Waals surface area contributed by atoms with Crippen LogP contribution in [0.25, 0.3) is 0 Å². The number of piperidine rings is 1. The summed E-state index contributed by atoms with van der Waals surface area (Å²) in [6.07, 6.45) is 7.24. The van der Waals surface area contributed by atoms with Crippen molar-refractivity contribution in [2.75, 3.05) is 27.2 Å². The minimum absolute atomic E-state index is 0.0283. The number of hydrogen-bond acceptors (Lipinski definition) is 3. The number of hydrogen-bond donors (Lipinski definition) is 1. The Kier molecular flexibility index (Phi) is 5.62. The van der Waals surface area contributed by atoms with Gasteiger partial charge >= 0.3 is 0 Å². The van der Waals surface area contributed by atoms with Crippen LogP contribution in [0.2, 0.25) is 0 Å². The Labute approximate surface area is 128 Å². The lowest BCUT2D eigenvalue weighted by Crippen LogP contribution is -2.50. The van der Waals surface area contributed by atoms with Gasteiger partial charge in [0.25, 0.3) is 10.2 Å². The number of carbonyl (C=O) groups is 1. The summed E-state index contributed by atoms with van der Waals surface area (Å²) in [4.78, 5) is 12.4. The van der Waals surface area contributed by atoms with E-state index in [0.717, 1.165) is 25.7 Å². The SMILES string of the molecule is CN(C)S(=O)(=O)N1CCC[C@H](C(=O)NC2CCCCC2)C1. The van der Waals surface area contributed by atoms with Crippen LogP contribution >= 0.6 is 0 Å². The Morgan fingerprint density at radius 2 is 1.76 bits per heavy atom. The lowest BCUT2D eigenvalue weighted by Gasteiger charge is -2.34. The number of rotatable bonds is 4. The first-order valence-corrected chi connectivity index (χ1v) is 9.29. The highest BCUT2D eigenvalue weighted by molar-refractivity contribution is 7.86. The van der Waals surface area contributed by atoms with E-state index in [1.54, 1.807) is 0 Å². The van der Waals surface area contributed by atoms with Crippen molar-refractivity contribution in [3.05, 3.63) is 0 Å². The van der Waals surface area contributed by atoms with Crippen LogP contribution in [0.4, 0.5) is 0 Å². The topological polar surface area (TPSA) is 69.7 Å². The van der Waals surface area contributed by atoms with Crippen molar-refractivity contribution in [3.63, 3.8) is 0 Å². The Balaban J connectivity index is 1.92. The predicted molar refractivity (Wildman–Crippen MR) is 81.9 cm³/mol. The van der Waals surface area contributed by atoms with Gasteiger partial charge in [0, 0.05) is 33.2 Å². The molecule has 0 radical (unpaired) electrons. The molecular weight excluding hydrogens is 290 g/mol. The van der Waals surface area contributed by atoms with Gasteiger partial charge in [-0.05, 0) is 25.7 Å². The van der Waals surface area contributed by atoms with E-state index in [1.165, 1.54) is 42.0 Å². The first-order chi connectivity index (χ1) is 9.91. The van der Waals surface area contributed by atoms with E-state index in [-0.39, 0.29) is 17.9 Å². The summed E-state index contributed by atoms with van der Waals surface area (Å²) in [5, 5.41) is 3.12. The number of amides is 1. The van der Waals surface area contributed by atoms with Crippen LogP contribution in [0.5, 0.6) is 0 Å². The number of nitrogens with one attached hydrogen (secondary N) is 1. The summed E-state index contributed by atoms with van der Waals surface area (Å²) in [6, 6.07) is 0.284. The maximum absolute atomic E-state index is 12.4. The van der Waals surface area contributed by atoms with Crippen molar-refractivity contribution in [1.29, 1.82) is 0 Å². The first kappa shape index (κ1) is 16.7. The lowest BCUT2D eigenvalue weighted by atomic mass is 9.93. The normalized spacial score (nSPS) is 26.0. The maximum atomic E-state index is 12.4. The summed E-state index contributed by atoms with van der Waals surface area (Å²) in [5.41, 5.74) is 0. The molecule has 1 saturated carbocycles. The molecule has 21 heavy (non-hydrogen) atoms. The van der Waals surface area contributed by atoms with Crippen LogP contribution in [-0.4, -0.2) is 56.2 Å². The molecule has 0 unspecified atom stereocenters. The van der Waals surface area contributed by atoms with Crippen LogP contribution in [0.15, 0.2) is 0 Å². The molecule has 0 bridgehead atoms. The summed E-state index contributed by atoms with van der Waals surface area (Å²) >= 11 is 0. The third-order valence-electron chi connectivity index (χ3n) is 4.49. The zero-order chi connectivity index (χ0) is 15.5. The average Bonchev–Trinajstić information content (AvgIpc) is 2.48. The molecule has 2 fully saturated rings. The summed E-state index contributed by atoms with van der Waals surface area (Å²) in [7, 11) is -0.355. The molecule has 1 amide bonds. The maximum Gasteiger partial charge on any atom is 0.281 e. The predicted octanol–water partition coefficient (Wildman–Crippen LogP) is 0.954. The molecular formula is C14H27N3O3S. The third kappa shape index (κ3) is 4.17. The minimum atomic E-state index is -3.41. The number of nitrogens with zero attached hydrogens (tertiary/aromatic N) is 2. The molecule has 122 valence electrons. The monoisotopic (exact) mass is 317 g/mol. The standard InChI is InChI=1S/C14H27N3O3S/c1-16(2)21(19,20)17-10-6-7-12(11-17)14(18)15-13-8-4-3-5-9-13/h12-13H,3-11H2,1-2H3,(H,15,18)/t12-/m0/s1. The van der Waals surface area contributed by atoms with Crippen molar-refractivity contribution in [1.82, 2.24) is 13.9 Å². The highest BCUT2D eigenvalue weighted by Gasteiger charge is 2.34. The van der Waals surface area contributed by atoms with Crippen LogP contribution in [0.3, 0.4) is 0 Å². The highest BCUT2D eigenvalue weighted by atomic mass is 32.2. The molecule has 0 aromatic rings. The summed E-state index contributed by atoms with van der Waals surface area (Å²) < 4.78 is 27.0.